The Morgan fingerprint density at radius 2 is 0.688 bits per heavy atom. The number of phosphoric acid groups is 3. The molecule has 25 atom stereocenters. The summed E-state index contributed by atoms with van der Waals surface area (Å²) in [5, 5.41) is 10.8. The van der Waals surface area contributed by atoms with Gasteiger partial charge in [0.15, 0.2) is 60.9 Å². The molecule has 712 valence electrons. The number of nitrogens with zero attached hydrogens (tertiary/aromatic N) is 11. The maximum absolute atomic E-state index is 15.1. The van der Waals surface area contributed by atoms with Crippen molar-refractivity contribution in [2.24, 2.45) is 0 Å². The number of aromatic amines is 3. The SMILES string of the molecule is COCCO[C@H]1C(OP(=O)(O)[S-])[C@@H](COP(=O)([O-])OC2[C@@H](COP(=O)([O-])OC3[C@@H](COP(=O)([O-])OC4[C@@H](COP([O-])(=S)OC5[C@@H](CO)O[C@@H](n6cnc7c(N)ncnc76)[C@H]5OCCOC)O[C@@H](n5cnc6c(N)ncnc65)[C@H]4OCCOC)O[C@@H](n4cc(C)c(=O)[nH]c4=O)[C@H]3OCCOC)O[C@@H](n3cc(C)c(=O)[nH]c3=O)[C@H]2OCCOC)O[C@H]1n1cc(C)c(=O)[nH]c1=O. The molecule has 12 rings (SSSR count). The predicted molar refractivity (Wildman–Crippen MR) is 425 cm³/mol. The highest BCUT2D eigenvalue weighted by atomic mass is 32.7. The molecule has 0 aliphatic carbocycles. The second-order valence-corrected chi connectivity index (χ2v) is 37.9. The molecule has 12 heterocycles. The number of aryl methyl sites for hydroxylation is 3. The number of nitrogens with one attached hydrogen (secondary N) is 3. The average molecular weight is 1950 g/mol. The number of aliphatic hydroxyl groups excluding tert-OH is 1. The third-order valence-electron chi connectivity index (χ3n) is 20.0. The van der Waals surface area contributed by atoms with Crippen molar-refractivity contribution in [2.45, 2.75) is 143 Å². The molecule has 9 N–H and O–H groups in total. The molecule has 5 fully saturated rings. The lowest BCUT2D eigenvalue weighted by Gasteiger charge is -2.36. The number of hydrogen-bond acceptors (Lipinski definition) is 49. The van der Waals surface area contributed by atoms with Crippen LogP contribution >= 0.6 is 37.0 Å². The molecule has 5 aliphatic rings. The number of ether oxygens (including phenoxy) is 15. The Kier molecular flexibility index (Phi) is 34.3. The fourth-order valence-electron chi connectivity index (χ4n) is 14.2. The Morgan fingerprint density at radius 1 is 0.414 bits per heavy atom. The number of anilines is 2. The monoisotopic (exact) mass is 1950 g/mol. The third kappa shape index (κ3) is 24.2. The smallest absolute Gasteiger partial charge is 0.330 e. The van der Waals surface area contributed by atoms with Gasteiger partial charge in [-0.15, -0.1) is 0 Å². The minimum atomic E-state index is -6.27. The number of aromatic nitrogens is 14. The van der Waals surface area contributed by atoms with Crippen LogP contribution < -0.4 is 64.8 Å². The Morgan fingerprint density at radius 3 is 0.977 bits per heavy atom. The van der Waals surface area contributed by atoms with Crippen molar-refractivity contribution in [3.05, 3.63) is 123 Å². The summed E-state index contributed by atoms with van der Waals surface area (Å²) in [7, 11) is -12.0. The number of H-pyrrole nitrogens is 3. The van der Waals surface area contributed by atoms with Gasteiger partial charge in [-0.1, -0.05) is 11.8 Å². The number of phosphoric ester groups is 3. The largest absolute Gasteiger partial charge is 0.780 e. The fourth-order valence-corrected chi connectivity index (χ4v) is 19.3. The van der Waals surface area contributed by atoms with E-state index >= 15 is 18.9 Å². The highest BCUT2D eigenvalue weighted by Crippen LogP contribution is 2.55. The molecule has 5 aliphatic heterocycles. The quantitative estimate of drug-likeness (QED) is 0.0106. The van der Waals surface area contributed by atoms with Crippen LogP contribution in [-0.4, -0.2) is 304 Å². The first-order valence-corrected chi connectivity index (χ1v) is 47.9. The van der Waals surface area contributed by atoms with E-state index in [1.54, 1.807) is 0 Å². The summed E-state index contributed by atoms with van der Waals surface area (Å²) in [5.41, 5.74) is 6.07. The first-order chi connectivity index (χ1) is 60.8. The Hall–Kier alpha value is -6.54. The van der Waals surface area contributed by atoms with Crippen LogP contribution in [0.1, 0.15) is 47.8 Å². The molecule has 56 nitrogen and oxygen atoms in total. The van der Waals surface area contributed by atoms with Crippen LogP contribution in [0.3, 0.4) is 0 Å². The zero-order valence-corrected chi connectivity index (χ0v) is 74.8. The lowest BCUT2D eigenvalue weighted by molar-refractivity contribution is -0.241. The van der Waals surface area contributed by atoms with Gasteiger partial charge in [0.05, 0.1) is 112 Å². The van der Waals surface area contributed by atoms with Gasteiger partial charge in [-0.25, -0.2) is 44.3 Å². The van der Waals surface area contributed by atoms with E-state index in [1.165, 1.54) is 78.1 Å². The van der Waals surface area contributed by atoms with Gasteiger partial charge in [0, 0.05) is 70.8 Å². The second-order valence-electron chi connectivity index (χ2n) is 28.5. The van der Waals surface area contributed by atoms with Gasteiger partial charge < -0.3 is 165 Å². The Bertz CT molecular complexity index is 5610. The minimum Gasteiger partial charge on any atom is -0.780 e. The molecule has 0 saturated carbocycles. The molecule has 7 aromatic rings. The molecule has 0 aromatic carbocycles. The van der Waals surface area contributed by atoms with Crippen LogP contribution in [0, 0.1) is 20.8 Å². The molecule has 5 saturated heterocycles. The highest BCUT2D eigenvalue weighted by molar-refractivity contribution is 8.32. The van der Waals surface area contributed by atoms with E-state index in [0.717, 1.165) is 40.4 Å². The molecule has 0 spiro atoms. The summed E-state index contributed by atoms with van der Waals surface area (Å²) in [6, 6.07) is 0. The van der Waals surface area contributed by atoms with Crippen molar-refractivity contribution in [3.8, 4) is 0 Å². The molecule has 63 heteroatoms. The summed E-state index contributed by atoms with van der Waals surface area (Å²) in [4.78, 5) is 181. The number of hydrogen-bond donors (Lipinski definition) is 7. The van der Waals surface area contributed by atoms with Crippen molar-refractivity contribution in [1.29, 1.82) is 0 Å². The van der Waals surface area contributed by atoms with Crippen LogP contribution in [0.4, 0.5) is 11.6 Å². The Labute approximate surface area is 731 Å². The van der Waals surface area contributed by atoms with Gasteiger partial charge in [-0.2, -0.15) is 0 Å². The summed E-state index contributed by atoms with van der Waals surface area (Å²) >= 11 is 10.2. The van der Waals surface area contributed by atoms with Gasteiger partial charge in [0.25, 0.3) is 40.1 Å². The maximum Gasteiger partial charge on any atom is 0.330 e. The number of nitrogens with two attached hydrogens (primary N) is 2. The van der Waals surface area contributed by atoms with Gasteiger partial charge in [-0.3, -0.25) is 70.4 Å². The normalized spacial score (nSPS) is 29.1. The highest BCUT2D eigenvalue weighted by Gasteiger charge is 2.57. The number of methoxy groups -OCH3 is 5. The standard InChI is InChI=1S/C65H95N16O40P5S2/c1-31-19-77(63(86)74-55(31)83)58-47(104-15-10-99-5)42(117-122(89,90)108-23-35-43(48(105-16-11-100-6)59(113-35)78-20-32(2)56(84)75-64(78)87)118-124(93,94)110-25-37-45(120-125(95,96)127)50(107-18-13-102-8)60(115-37)79-21-33(3)57(85)76-65(79)88)36(114-58)24-109-123(91,92)119-44-38(116-62(49(44)106-17-12-101-7)81-30-73-40-52(67)69-28-71-54(40)81)26-111-126(97,128)121-41-34(22-82)112-61(46(41)103-14-9-98-4)80-29-72-39-51(66)68-27-70-53(39)80/h19-21,27-30,34-38,41-50,58-62,82H,9-18,22-26H2,1-8H3,(H,89,90)(H,91,92)(H,93,94)(H,97,128)(H2,66,68,70)(H2,67,69,71)(H,74,83,86)(H,75,84,87)(H,76,85,88)(H2,95,96,127)/p-5/t34-,35-,36-,37-,38-,41?,42?,43?,44?,45?,46+,47+,48+,49+,50+,58-,59-,60-,61-,62-,126?/m1/s1. The van der Waals surface area contributed by atoms with Crippen molar-refractivity contribution < 1.29 is 160 Å². The lowest BCUT2D eigenvalue weighted by atomic mass is 10.1. The van der Waals surface area contributed by atoms with E-state index in [2.05, 4.69) is 57.1 Å². The molecule has 0 bridgehead atoms. The predicted octanol–water partition coefficient (Wildman–Crippen LogP) is -5.33. The van der Waals surface area contributed by atoms with E-state index in [0.29, 0.717) is 4.57 Å². The Balaban J connectivity index is 0.848. The van der Waals surface area contributed by atoms with Gasteiger partial charge in [0.2, 0.25) is 0 Å². The zero-order valence-electron chi connectivity index (χ0n) is 68.7. The molecule has 0 radical (unpaired) electrons. The summed E-state index contributed by atoms with van der Waals surface area (Å²) in [5.74, 6) is -0.123. The zero-order chi connectivity index (χ0) is 92.5. The number of fused-ring (bicyclic) bond motifs is 2. The molecular formula is C65H90N16O40P5S2-5. The molecular weight excluding hydrogens is 1860 g/mol. The van der Waals surface area contributed by atoms with Gasteiger partial charge in [-0.05, 0) is 20.8 Å². The van der Waals surface area contributed by atoms with E-state index in [1.807, 2.05) is 0 Å². The number of aliphatic hydroxyl groups is 1. The number of imidazole rings is 2. The maximum atomic E-state index is 15.1. The molecule has 10 unspecified atom stereocenters. The van der Waals surface area contributed by atoms with E-state index in [4.69, 9.17) is 135 Å². The lowest BCUT2D eigenvalue weighted by Crippen LogP contribution is -2.43. The second kappa shape index (κ2) is 43.6. The van der Waals surface area contributed by atoms with E-state index in [9.17, 15) is 57.7 Å². The van der Waals surface area contributed by atoms with Crippen molar-refractivity contribution >= 4 is 95.0 Å². The van der Waals surface area contributed by atoms with Gasteiger partial charge >= 0.3 is 17.1 Å². The van der Waals surface area contributed by atoms with Crippen LogP contribution in [0.25, 0.3) is 22.3 Å². The van der Waals surface area contributed by atoms with Crippen LogP contribution in [0.15, 0.2) is 72.7 Å². The number of nitrogen functional groups attached to an aromatic ring is 2. The van der Waals surface area contributed by atoms with E-state index < -0.39 is 240 Å². The molecule has 128 heavy (non-hydrogen) atoms. The summed E-state index contributed by atoms with van der Waals surface area (Å²) in [6.45, 7) is -14.9. The summed E-state index contributed by atoms with van der Waals surface area (Å²) in [6.07, 6.45) is -28.8. The number of rotatable bonds is 48. The third-order valence-corrected chi connectivity index (χ3v) is 25.2. The van der Waals surface area contributed by atoms with Gasteiger partial charge in [0.1, 0.15) is 122 Å². The summed E-state index contributed by atoms with van der Waals surface area (Å²) < 4.78 is 201. The topological polar surface area (TPSA) is 726 Å². The van der Waals surface area contributed by atoms with Crippen molar-refractivity contribution in [2.75, 3.05) is 146 Å². The van der Waals surface area contributed by atoms with E-state index in [-0.39, 0.29) is 104 Å². The molecule has 7 aromatic heterocycles. The van der Waals surface area contributed by atoms with Crippen LogP contribution in [-0.2, 0) is 154 Å². The van der Waals surface area contributed by atoms with Crippen LogP contribution in [0.2, 0.25) is 0 Å². The average Bonchev–Trinajstić information content (AvgIpc) is 1.61. The van der Waals surface area contributed by atoms with Crippen molar-refractivity contribution in [3.63, 3.8) is 0 Å². The van der Waals surface area contributed by atoms with Crippen LogP contribution in [0.5, 0.6) is 0 Å². The first-order valence-electron chi connectivity index (χ1n) is 38.3. The fraction of sp³-hybridized carbons (Fsp3) is 0.662. The minimum absolute atomic E-state index is 0.000760. The first kappa shape index (κ1) is 100. The van der Waals surface area contributed by atoms with Crippen molar-refractivity contribution in [1.82, 2.24) is 67.7 Å². The molecule has 0 amide bonds.